The van der Waals surface area contributed by atoms with E-state index >= 15 is 0 Å². The molecule has 2 N–H and O–H groups in total. The van der Waals surface area contributed by atoms with Gasteiger partial charge in [-0.1, -0.05) is 42.5 Å². The number of hydrogen-bond donors (Lipinski definition) is 2. The number of fused-ring (bicyclic) bond motifs is 1. The molecule has 2 amide bonds. The number of anilines is 1. The fourth-order valence-corrected chi connectivity index (χ4v) is 2.89. The summed E-state index contributed by atoms with van der Waals surface area (Å²) in [6.07, 6.45) is 0.594. The van der Waals surface area contributed by atoms with Crippen molar-refractivity contribution in [2.75, 3.05) is 11.9 Å². The van der Waals surface area contributed by atoms with E-state index in [0.29, 0.717) is 23.6 Å². The van der Waals surface area contributed by atoms with Gasteiger partial charge in [0.25, 0.3) is 11.8 Å². The molecule has 0 saturated carbocycles. The molecule has 1 atom stereocenters. The second kappa shape index (κ2) is 7.37. The first-order valence-corrected chi connectivity index (χ1v) is 8.65. The quantitative estimate of drug-likeness (QED) is 0.748. The first kappa shape index (κ1) is 16.9. The number of furan rings is 1. The van der Waals surface area contributed by atoms with Crippen LogP contribution in [0.5, 0.6) is 5.75 Å². The van der Waals surface area contributed by atoms with Gasteiger partial charge in [-0.3, -0.25) is 9.59 Å². The summed E-state index contributed by atoms with van der Waals surface area (Å²) in [6, 6.07) is 19.5. The third-order valence-electron chi connectivity index (χ3n) is 4.28. The Morgan fingerprint density at radius 3 is 2.67 bits per heavy atom. The third-order valence-corrected chi connectivity index (χ3v) is 4.28. The van der Waals surface area contributed by atoms with Crippen LogP contribution in [0.3, 0.4) is 0 Å². The lowest BCUT2D eigenvalue weighted by Crippen LogP contribution is -2.46. The maximum absolute atomic E-state index is 12.5. The van der Waals surface area contributed by atoms with Gasteiger partial charge in [0.05, 0.1) is 5.69 Å². The molecule has 27 heavy (non-hydrogen) atoms. The van der Waals surface area contributed by atoms with Crippen molar-refractivity contribution in [2.45, 2.75) is 12.5 Å². The van der Waals surface area contributed by atoms with Crippen molar-refractivity contribution < 1.29 is 18.7 Å². The second-order valence-corrected chi connectivity index (χ2v) is 6.25. The van der Waals surface area contributed by atoms with E-state index < -0.39 is 11.9 Å². The predicted molar refractivity (Wildman–Crippen MR) is 99.8 cm³/mol. The van der Waals surface area contributed by atoms with Crippen molar-refractivity contribution in [3.8, 4) is 5.75 Å². The molecule has 0 aliphatic carbocycles. The number of hydrogen-bond acceptors (Lipinski definition) is 4. The molecule has 4 rings (SSSR count). The molecule has 1 aliphatic heterocycles. The summed E-state index contributed by atoms with van der Waals surface area (Å²) in [5, 5.41) is 5.43. The number of benzene rings is 2. The Morgan fingerprint density at radius 1 is 1.04 bits per heavy atom. The lowest BCUT2D eigenvalue weighted by atomic mass is 10.1. The van der Waals surface area contributed by atoms with Crippen molar-refractivity contribution in [2.24, 2.45) is 0 Å². The van der Waals surface area contributed by atoms with Crippen LogP contribution < -0.4 is 15.4 Å². The average Bonchev–Trinajstić information content (AvgIpc) is 3.09. The molecule has 1 aromatic heterocycles. The topological polar surface area (TPSA) is 80.6 Å². The predicted octanol–water partition coefficient (Wildman–Crippen LogP) is 3.00. The van der Waals surface area contributed by atoms with E-state index in [0.717, 1.165) is 5.56 Å². The minimum absolute atomic E-state index is 0.0478. The minimum Gasteiger partial charge on any atom is -0.489 e. The summed E-state index contributed by atoms with van der Waals surface area (Å²) < 4.78 is 11.3. The lowest BCUT2D eigenvalue weighted by molar-refractivity contribution is -0.118. The van der Waals surface area contributed by atoms with E-state index in [2.05, 4.69) is 10.6 Å². The van der Waals surface area contributed by atoms with Gasteiger partial charge >= 0.3 is 0 Å². The lowest BCUT2D eigenvalue weighted by Gasteiger charge is -2.13. The summed E-state index contributed by atoms with van der Waals surface area (Å²) in [5.41, 5.74) is 1.68. The Labute approximate surface area is 156 Å². The Bertz CT molecular complexity index is 965. The van der Waals surface area contributed by atoms with Gasteiger partial charge in [0, 0.05) is 6.42 Å². The molecule has 0 radical (unpaired) electrons. The van der Waals surface area contributed by atoms with Crippen LogP contribution in [0.15, 0.2) is 71.1 Å². The molecule has 2 aromatic carbocycles. The highest BCUT2D eigenvalue weighted by molar-refractivity contribution is 6.01. The molecule has 0 unspecified atom stereocenters. The van der Waals surface area contributed by atoms with Crippen LogP contribution in [0.1, 0.15) is 21.9 Å². The molecule has 3 aromatic rings. The molecule has 0 fully saturated rings. The summed E-state index contributed by atoms with van der Waals surface area (Å²) in [4.78, 5) is 24.8. The van der Waals surface area contributed by atoms with Gasteiger partial charge in [-0.15, -0.1) is 0 Å². The molecular formula is C21H18N2O4. The molecule has 6 heteroatoms. The number of nitrogens with one attached hydrogen (secondary N) is 2. The molecule has 136 valence electrons. The van der Waals surface area contributed by atoms with E-state index in [-0.39, 0.29) is 18.3 Å². The average molecular weight is 362 g/mol. The molecule has 6 nitrogen and oxygen atoms in total. The fourth-order valence-electron chi connectivity index (χ4n) is 2.89. The largest absolute Gasteiger partial charge is 0.489 e. The van der Waals surface area contributed by atoms with Crippen molar-refractivity contribution >= 4 is 17.5 Å². The highest BCUT2D eigenvalue weighted by Crippen LogP contribution is 2.26. The SMILES string of the molecule is O=C(N[C@H]1COc2ccccc2NC1=O)c1ccc(Cc2ccccc2)o1. The fraction of sp³-hybridized carbons (Fsp3) is 0.143. The van der Waals surface area contributed by atoms with E-state index in [1.54, 1.807) is 30.3 Å². The van der Waals surface area contributed by atoms with Crippen LogP contribution in [-0.4, -0.2) is 24.5 Å². The Balaban J connectivity index is 1.41. The maximum Gasteiger partial charge on any atom is 0.287 e. The monoisotopic (exact) mass is 362 g/mol. The summed E-state index contributed by atoms with van der Waals surface area (Å²) in [5.74, 6) is 0.634. The van der Waals surface area contributed by atoms with Gasteiger partial charge in [0.2, 0.25) is 0 Å². The van der Waals surface area contributed by atoms with Crippen molar-refractivity contribution in [3.63, 3.8) is 0 Å². The normalized spacial score (nSPS) is 15.9. The Kier molecular flexibility index (Phi) is 4.61. The van der Waals surface area contributed by atoms with Crippen molar-refractivity contribution in [1.29, 1.82) is 0 Å². The van der Waals surface area contributed by atoms with E-state index in [1.165, 1.54) is 0 Å². The minimum atomic E-state index is -0.812. The Hall–Kier alpha value is -3.54. The standard InChI is InChI=1S/C21H18N2O4/c24-20-17(13-26-18-9-5-4-8-16(18)22-20)23-21(25)19-11-10-15(27-19)12-14-6-2-1-3-7-14/h1-11,17H,12-13H2,(H,22,24)(H,23,25)/t17-/m0/s1. The van der Waals surface area contributed by atoms with Crippen LogP contribution in [0.4, 0.5) is 5.69 Å². The number of ether oxygens (including phenoxy) is 1. The number of rotatable bonds is 4. The van der Waals surface area contributed by atoms with E-state index in [9.17, 15) is 9.59 Å². The zero-order valence-corrected chi connectivity index (χ0v) is 14.5. The van der Waals surface area contributed by atoms with Gasteiger partial charge in [-0.05, 0) is 29.8 Å². The van der Waals surface area contributed by atoms with Crippen LogP contribution in [-0.2, 0) is 11.2 Å². The second-order valence-electron chi connectivity index (χ2n) is 6.25. The summed E-state index contributed by atoms with van der Waals surface area (Å²) >= 11 is 0. The van der Waals surface area contributed by atoms with Gasteiger partial charge in [0.15, 0.2) is 5.76 Å². The molecule has 0 spiro atoms. The van der Waals surface area contributed by atoms with Crippen LogP contribution >= 0.6 is 0 Å². The molecule has 0 saturated heterocycles. The highest BCUT2D eigenvalue weighted by Gasteiger charge is 2.27. The zero-order valence-electron chi connectivity index (χ0n) is 14.5. The van der Waals surface area contributed by atoms with Crippen LogP contribution in [0.25, 0.3) is 0 Å². The smallest absolute Gasteiger partial charge is 0.287 e. The first-order valence-electron chi connectivity index (χ1n) is 8.65. The van der Waals surface area contributed by atoms with Crippen LogP contribution in [0.2, 0.25) is 0 Å². The zero-order chi connectivity index (χ0) is 18.6. The van der Waals surface area contributed by atoms with Gasteiger partial charge in [-0.25, -0.2) is 0 Å². The Morgan fingerprint density at radius 2 is 1.81 bits per heavy atom. The summed E-state index contributed by atoms with van der Waals surface area (Å²) in [6.45, 7) is 0.0478. The highest BCUT2D eigenvalue weighted by atomic mass is 16.5. The maximum atomic E-state index is 12.5. The van der Waals surface area contributed by atoms with Crippen molar-refractivity contribution in [3.05, 3.63) is 83.8 Å². The summed E-state index contributed by atoms with van der Waals surface area (Å²) in [7, 11) is 0. The van der Waals surface area contributed by atoms with Crippen LogP contribution in [0, 0.1) is 0 Å². The number of amides is 2. The van der Waals surface area contributed by atoms with Gasteiger partial charge < -0.3 is 19.8 Å². The number of carbonyl (C=O) groups is 2. The number of para-hydroxylation sites is 2. The molecule has 1 aliphatic rings. The number of carbonyl (C=O) groups excluding carboxylic acids is 2. The first-order chi connectivity index (χ1) is 13.2. The van der Waals surface area contributed by atoms with E-state index in [4.69, 9.17) is 9.15 Å². The van der Waals surface area contributed by atoms with E-state index in [1.807, 2.05) is 36.4 Å². The van der Waals surface area contributed by atoms with Crippen molar-refractivity contribution in [1.82, 2.24) is 5.32 Å². The third kappa shape index (κ3) is 3.84. The molecular weight excluding hydrogens is 344 g/mol. The molecule has 2 heterocycles. The van der Waals surface area contributed by atoms with Gasteiger partial charge in [-0.2, -0.15) is 0 Å². The molecule has 0 bridgehead atoms. The van der Waals surface area contributed by atoms with Gasteiger partial charge in [0.1, 0.15) is 24.2 Å².